The lowest BCUT2D eigenvalue weighted by atomic mass is 10.3. The van der Waals surface area contributed by atoms with E-state index in [-0.39, 0.29) is 30.5 Å². The Morgan fingerprint density at radius 1 is 1.07 bits per heavy atom. The molecule has 0 atom stereocenters. The van der Waals surface area contributed by atoms with Crippen molar-refractivity contribution in [2.45, 2.75) is 4.90 Å². The molecule has 1 fully saturated rings. The summed E-state index contributed by atoms with van der Waals surface area (Å²) in [5.74, 6) is 0.437. The quantitative estimate of drug-likeness (QED) is 0.669. The topological polar surface area (TPSA) is 66.9 Å². The second kappa shape index (κ2) is 8.60. The Hall–Kier alpha value is -1.61. The molecule has 1 saturated heterocycles. The molecule has 0 N–H and O–H groups in total. The average Bonchev–Trinajstić information content (AvgIpc) is 2.67. The van der Waals surface area contributed by atoms with Crippen LogP contribution in [0.2, 0.25) is 5.02 Å². The first-order valence-corrected chi connectivity index (χ1v) is 10.9. The summed E-state index contributed by atoms with van der Waals surface area (Å²) in [6.07, 6.45) is 0. The van der Waals surface area contributed by atoms with Crippen molar-refractivity contribution in [3.8, 4) is 5.75 Å². The van der Waals surface area contributed by atoms with Gasteiger partial charge in [0.25, 0.3) is 5.91 Å². The molecule has 0 aromatic heterocycles. The molecule has 27 heavy (non-hydrogen) atoms. The standard InChI is InChI=1S/C18H18BrClN2O4S/c19-14-4-6-16(7-5-14)26-13-18(23)21-8-10-22(11-9-21)27(24,25)17-3-1-2-15(20)12-17/h1-7,12H,8-11,13H2. The van der Waals surface area contributed by atoms with E-state index < -0.39 is 10.0 Å². The average molecular weight is 474 g/mol. The van der Waals surface area contributed by atoms with Crippen molar-refractivity contribution in [1.29, 1.82) is 0 Å². The molecular formula is C18H18BrClN2O4S. The van der Waals surface area contributed by atoms with Crippen LogP contribution in [0.3, 0.4) is 0 Å². The fourth-order valence-corrected chi connectivity index (χ4v) is 4.71. The number of nitrogens with zero attached hydrogens (tertiary/aromatic N) is 2. The van der Waals surface area contributed by atoms with Gasteiger partial charge in [-0.1, -0.05) is 33.6 Å². The SMILES string of the molecule is O=C(COc1ccc(Br)cc1)N1CCN(S(=O)(=O)c2cccc(Cl)c2)CC1. The molecule has 2 aromatic rings. The second-order valence-electron chi connectivity index (χ2n) is 5.98. The van der Waals surface area contributed by atoms with Crippen LogP contribution >= 0.6 is 27.5 Å². The smallest absolute Gasteiger partial charge is 0.260 e. The summed E-state index contributed by atoms with van der Waals surface area (Å²) < 4.78 is 33.2. The zero-order valence-corrected chi connectivity index (χ0v) is 17.5. The molecule has 1 heterocycles. The molecule has 0 bridgehead atoms. The molecule has 0 spiro atoms. The van der Waals surface area contributed by atoms with E-state index in [1.165, 1.54) is 16.4 Å². The van der Waals surface area contributed by atoms with Crippen molar-refractivity contribution in [3.05, 3.63) is 58.0 Å². The molecule has 0 radical (unpaired) electrons. The highest BCUT2D eigenvalue weighted by atomic mass is 79.9. The summed E-state index contributed by atoms with van der Waals surface area (Å²) in [7, 11) is -3.62. The molecule has 1 aliphatic heterocycles. The third kappa shape index (κ3) is 5.01. The zero-order valence-electron chi connectivity index (χ0n) is 14.3. The summed E-state index contributed by atoms with van der Waals surface area (Å²) in [6.45, 7) is 1.03. The highest BCUT2D eigenvalue weighted by Crippen LogP contribution is 2.21. The maximum Gasteiger partial charge on any atom is 0.260 e. The lowest BCUT2D eigenvalue weighted by Gasteiger charge is -2.34. The molecule has 1 amide bonds. The van der Waals surface area contributed by atoms with Gasteiger partial charge in [0, 0.05) is 35.7 Å². The van der Waals surface area contributed by atoms with Crippen molar-refractivity contribution in [2.75, 3.05) is 32.8 Å². The zero-order chi connectivity index (χ0) is 19.4. The molecule has 2 aromatic carbocycles. The minimum absolute atomic E-state index is 0.0807. The van der Waals surface area contributed by atoms with E-state index >= 15 is 0 Å². The predicted octanol–water partition coefficient (Wildman–Crippen LogP) is 3.01. The number of piperazine rings is 1. The van der Waals surface area contributed by atoms with E-state index in [9.17, 15) is 13.2 Å². The van der Waals surface area contributed by atoms with Gasteiger partial charge in [-0.15, -0.1) is 0 Å². The number of rotatable bonds is 5. The number of halogens is 2. The number of carbonyl (C=O) groups excluding carboxylic acids is 1. The Balaban J connectivity index is 1.55. The number of hydrogen-bond acceptors (Lipinski definition) is 4. The first-order valence-electron chi connectivity index (χ1n) is 8.28. The van der Waals surface area contributed by atoms with Crippen LogP contribution < -0.4 is 4.74 Å². The fourth-order valence-electron chi connectivity index (χ4n) is 2.72. The Bertz CT molecular complexity index is 913. The number of sulfonamides is 1. The molecule has 1 aliphatic rings. The number of hydrogen-bond donors (Lipinski definition) is 0. The lowest BCUT2D eigenvalue weighted by Crippen LogP contribution is -2.51. The maximum atomic E-state index is 12.7. The van der Waals surface area contributed by atoms with Crippen LogP contribution in [-0.4, -0.2) is 56.3 Å². The van der Waals surface area contributed by atoms with Crippen molar-refractivity contribution in [1.82, 2.24) is 9.21 Å². The van der Waals surface area contributed by atoms with E-state index in [1.54, 1.807) is 29.2 Å². The van der Waals surface area contributed by atoms with Crippen molar-refractivity contribution in [2.24, 2.45) is 0 Å². The van der Waals surface area contributed by atoms with Crippen LogP contribution in [-0.2, 0) is 14.8 Å². The van der Waals surface area contributed by atoms with Crippen LogP contribution in [0.25, 0.3) is 0 Å². The molecule has 0 aliphatic carbocycles. The number of amides is 1. The van der Waals surface area contributed by atoms with Gasteiger partial charge < -0.3 is 9.64 Å². The third-order valence-corrected chi connectivity index (χ3v) is 6.86. The maximum absolute atomic E-state index is 12.7. The molecular weight excluding hydrogens is 456 g/mol. The monoisotopic (exact) mass is 472 g/mol. The number of ether oxygens (including phenoxy) is 1. The molecule has 9 heteroatoms. The van der Waals surface area contributed by atoms with Gasteiger partial charge in [0.05, 0.1) is 4.90 Å². The van der Waals surface area contributed by atoms with E-state index in [4.69, 9.17) is 16.3 Å². The minimum Gasteiger partial charge on any atom is -0.484 e. The van der Waals surface area contributed by atoms with Crippen molar-refractivity contribution >= 4 is 43.5 Å². The Morgan fingerprint density at radius 3 is 2.37 bits per heavy atom. The number of benzene rings is 2. The Kier molecular flexibility index (Phi) is 6.41. The van der Waals surface area contributed by atoms with E-state index in [2.05, 4.69) is 15.9 Å². The minimum atomic E-state index is -3.62. The highest BCUT2D eigenvalue weighted by molar-refractivity contribution is 9.10. The van der Waals surface area contributed by atoms with E-state index in [1.807, 2.05) is 12.1 Å². The van der Waals surface area contributed by atoms with Crippen molar-refractivity contribution in [3.63, 3.8) is 0 Å². The van der Waals surface area contributed by atoms with Crippen molar-refractivity contribution < 1.29 is 17.9 Å². The second-order valence-corrected chi connectivity index (χ2v) is 9.27. The molecule has 0 unspecified atom stereocenters. The molecule has 6 nitrogen and oxygen atoms in total. The van der Waals surface area contributed by atoms with Crippen LogP contribution in [0.1, 0.15) is 0 Å². The van der Waals surface area contributed by atoms with Crippen LogP contribution in [0.15, 0.2) is 57.9 Å². The Labute approximate surface area is 171 Å². The molecule has 144 valence electrons. The highest BCUT2D eigenvalue weighted by Gasteiger charge is 2.30. The summed E-state index contributed by atoms with van der Waals surface area (Å²) in [4.78, 5) is 14.1. The summed E-state index contributed by atoms with van der Waals surface area (Å²) in [5.41, 5.74) is 0. The lowest BCUT2D eigenvalue weighted by molar-refractivity contribution is -0.134. The van der Waals surface area contributed by atoms with Gasteiger partial charge in [-0.25, -0.2) is 8.42 Å². The van der Waals surface area contributed by atoms with Crippen LogP contribution in [0, 0.1) is 0 Å². The van der Waals surface area contributed by atoms with Gasteiger partial charge >= 0.3 is 0 Å². The molecule has 0 saturated carbocycles. The van der Waals surface area contributed by atoms with Gasteiger partial charge in [-0.05, 0) is 42.5 Å². The molecule has 3 rings (SSSR count). The van der Waals surface area contributed by atoms with Gasteiger partial charge in [-0.3, -0.25) is 4.79 Å². The van der Waals surface area contributed by atoms with E-state index in [0.717, 1.165) is 4.47 Å². The number of carbonyl (C=O) groups is 1. The third-order valence-electron chi connectivity index (χ3n) is 4.20. The first-order chi connectivity index (χ1) is 12.9. The van der Waals surface area contributed by atoms with Gasteiger partial charge in [0.1, 0.15) is 5.75 Å². The van der Waals surface area contributed by atoms with Gasteiger partial charge in [-0.2, -0.15) is 4.31 Å². The van der Waals surface area contributed by atoms with Crippen LogP contribution in [0.5, 0.6) is 5.75 Å². The fraction of sp³-hybridized carbons (Fsp3) is 0.278. The van der Waals surface area contributed by atoms with Gasteiger partial charge in [0.2, 0.25) is 10.0 Å². The largest absolute Gasteiger partial charge is 0.484 e. The summed E-state index contributed by atoms with van der Waals surface area (Å²) in [5, 5.41) is 0.370. The Morgan fingerprint density at radius 2 is 1.74 bits per heavy atom. The van der Waals surface area contributed by atoms with E-state index in [0.29, 0.717) is 23.9 Å². The first kappa shape index (κ1) is 20.1. The summed E-state index contributed by atoms with van der Waals surface area (Å²) >= 11 is 9.23. The summed E-state index contributed by atoms with van der Waals surface area (Å²) in [6, 6.07) is 13.4. The predicted molar refractivity (Wildman–Crippen MR) is 106 cm³/mol. The normalized spacial score (nSPS) is 15.6. The van der Waals surface area contributed by atoms with Gasteiger partial charge in [0.15, 0.2) is 6.61 Å². The van der Waals surface area contributed by atoms with Crippen LogP contribution in [0.4, 0.5) is 0 Å².